The van der Waals surface area contributed by atoms with Gasteiger partial charge in [0.15, 0.2) is 0 Å². The van der Waals surface area contributed by atoms with Crippen molar-refractivity contribution in [2.75, 3.05) is 6.61 Å². The van der Waals surface area contributed by atoms with Crippen molar-refractivity contribution >= 4 is 22.2 Å². The summed E-state index contributed by atoms with van der Waals surface area (Å²) in [5.74, 6) is 6.36. The highest BCUT2D eigenvalue weighted by atomic mass is 32.1. The topological polar surface area (TPSA) is 42.4 Å². The summed E-state index contributed by atoms with van der Waals surface area (Å²) in [7, 11) is 0. The zero-order chi connectivity index (χ0) is 14.5. The first-order valence-corrected chi connectivity index (χ1v) is 7.39. The summed E-state index contributed by atoms with van der Waals surface area (Å²) in [5, 5.41) is 11.8. The third-order valence-electron chi connectivity index (χ3n) is 3.00. The molecule has 0 radical (unpaired) electrons. The number of rotatable bonds is 3. The van der Waals surface area contributed by atoms with Crippen molar-refractivity contribution in [3.8, 4) is 17.6 Å². The van der Waals surface area contributed by atoms with E-state index in [-0.39, 0.29) is 6.61 Å². The second kappa shape index (κ2) is 6.40. The predicted molar refractivity (Wildman–Crippen MR) is 84.4 cm³/mol. The Morgan fingerprint density at radius 1 is 1.19 bits per heavy atom. The van der Waals surface area contributed by atoms with Gasteiger partial charge in [0.1, 0.15) is 24.5 Å². The van der Waals surface area contributed by atoms with Crippen LogP contribution in [-0.2, 0) is 6.61 Å². The number of nitrogens with zero attached hydrogens (tertiary/aromatic N) is 1. The second-order valence-electron chi connectivity index (χ2n) is 4.34. The molecule has 4 heteroatoms. The Morgan fingerprint density at radius 2 is 2.10 bits per heavy atom. The Labute approximate surface area is 126 Å². The van der Waals surface area contributed by atoms with Gasteiger partial charge in [0, 0.05) is 17.1 Å². The smallest absolute Gasteiger partial charge is 0.146 e. The summed E-state index contributed by atoms with van der Waals surface area (Å²) >= 11 is 1.60. The largest absolute Gasteiger partial charge is 0.486 e. The van der Waals surface area contributed by atoms with Crippen LogP contribution in [-0.4, -0.2) is 16.7 Å². The quantitative estimate of drug-likeness (QED) is 0.754. The van der Waals surface area contributed by atoms with Crippen molar-refractivity contribution in [1.29, 1.82) is 0 Å². The van der Waals surface area contributed by atoms with E-state index in [1.165, 1.54) is 0 Å². The molecule has 0 fully saturated rings. The number of benzene rings is 1. The first-order valence-electron chi connectivity index (χ1n) is 6.51. The van der Waals surface area contributed by atoms with E-state index in [4.69, 9.17) is 9.84 Å². The fourth-order valence-corrected chi connectivity index (χ4v) is 2.78. The first kappa shape index (κ1) is 13.6. The van der Waals surface area contributed by atoms with Gasteiger partial charge < -0.3 is 9.84 Å². The standard InChI is InChI=1S/C17H13NO2S/c19-10-3-6-13-8-11-21-16(13)12-20-15-7-1-4-14-5-2-9-18-17(14)15/h1-2,4-5,7-9,11,19H,10,12H2. The number of hydrogen-bond donors (Lipinski definition) is 1. The summed E-state index contributed by atoms with van der Waals surface area (Å²) in [6.07, 6.45) is 1.76. The summed E-state index contributed by atoms with van der Waals surface area (Å²) in [4.78, 5) is 5.42. The number of para-hydroxylation sites is 1. The molecule has 3 aromatic rings. The van der Waals surface area contributed by atoms with Crippen LogP contribution in [0, 0.1) is 11.8 Å². The second-order valence-corrected chi connectivity index (χ2v) is 5.34. The molecule has 3 rings (SSSR count). The molecule has 0 bridgehead atoms. The maximum absolute atomic E-state index is 8.77. The first-order chi connectivity index (χ1) is 10.4. The Bertz CT molecular complexity index is 809. The molecule has 2 aromatic heterocycles. The van der Waals surface area contributed by atoms with E-state index in [1.807, 2.05) is 41.8 Å². The molecule has 1 N–H and O–H groups in total. The molecule has 0 saturated heterocycles. The lowest BCUT2D eigenvalue weighted by Gasteiger charge is -2.07. The van der Waals surface area contributed by atoms with Crippen molar-refractivity contribution in [2.45, 2.75) is 6.61 Å². The third kappa shape index (κ3) is 3.05. The van der Waals surface area contributed by atoms with Gasteiger partial charge >= 0.3 is 0 Å². The number of ether oxygens (including phenoxy) is 1. The van der Waals surface area contributed by atoms with E-state index in [9.17, 15) is 0 Å². The maximum atomic E-state index is 8.77. The summed E-state index contributed by atoms with van der Waals surface area (Å²) in [5.41, 5.74) is 1.77. The molecule has 0 amide bonds. The summed E-state index contributed by atoms with van der Waals surface area (Å²) in [6.45, 7) is 0.312. The fourth-order valence-electron chi connectivity index (χ4n) is 2.03. The normalized spacial score (nSPS) is 10.1. The average molecular weight is 295 g/mol. The van der Waals surface area contributed by atoms with Crippen molar-refractivity contribution in [3.63, 3.8) is 0 Å². The molecule has 0 unspecified atom stereocenters. The Morgan fingerprint density at radius 3 is 3.00 bits per heavy atom. The minimum Gasteiger partial charge on any atom is -0.486 e. The number of aliphatic hydroxyl groups excluding tert-OH is 1. The van der Waals surface area contributed by atoms with Gasteiger partial charge in [0.2, 0.25) is 0 Å². The van der Waals surface area contributed by atoms with Crippen LogP contribution in [0.15, 0.2) is 48.0 Å². The van der Waals surface area contributed by atoms with Crippen LogP contribution >= 0.6 is 11.3 Å². The SMILES string of the molecule is OCC#Cc1ccsc1COc1cccc2cccnc12. The van der Waals surface area contributed by atoms with Crippen LogP contribution in [0.4, 0.5) is 0 Å². The van der Waals surface area contributed by atoms with Crippen molar-refractivity contribution in [2.24, 2.45) is 0 Å². The molecule has 0 aliphatic carbocycles. The van der Waals surface area contributed by atoms with Gasteiger partial charge in [-0.05, 0) is 23.6 Å². The maximum Gasteiger partial charge on any atom is 0.146 e. The molecule has 0 aliphatic rings. The highest BCUT2D eigenvalue weighted by Gasteiger charge is 2.06. The van der Waals surface area contributed by atoms with E-state index in [0.29, 0.717) is 6.61 Å². The third-order valence-corrected chi connectivity index (χ3v) is 3.90. The molecule has 21 heavy (non-hydrogen) atoms. The summed E-state index contributed by atoms with van der Waals surface area (Å²) < 4.78 is 5.90. The lowest BCUT2D eigenvalue weighted by atomic mass is 10.2. The Kier molecular flexibility index (Phi) is 4.15. The minimum atomic E-state index is -0.136. The van der Waals surface area contributed by atoms with Gasteiger partial charge in [-0.1, -0.05) is 30.0 Å². The van der Waals surface area contributed by atoms with Crippen LogP contribution < -0.4 is 4.74 Å². The lowest BCUT2D eigenvalue weighted by molar-refractivity contribution is 0.313. The van der Waals surface area contributed by atoms with E-state index in [2.05, 4.69) is 16.8 Å². The fraction of sp³-hybridized carbons (Fsp3) is 0.118. The number of thiophene rings is 1. The molecule has 0 atom stereocenters. The van der Waals surface area contributed by atoms with E-state index < -0.39 is 0 Å². The predicted octanol–water partition coefficient (Wildman–Crippen LogP) is 3.22. The molecular weight excluding hydrogens is 282 g/mol. The molecule has 0 spiro atoms. The van der Waals surface area contributed by atoms with Gasteiger partial charge in [-0.3, -0.25) is 4.98 Å². The average Bonchev–Trinajstić information content (AvgIpc) is 2.98. The highest BCUT2D eigenvalue weighted by molar-refractivity contribution is 7.10. The molecule has 3 nitrogen and oxygen atoms in total. The van der Waals surface area contributed by atoms with Crippen molar-refractivity contribution < 1.29 is 9.84 Å². The highest BCUT2D eigenvalue weighted by Crippen LogP contribution is 2.25. The van der Waals surface area contributed by atoms with Crippen LogP contribution in [0.25, 0.3) is 10.9 Å². The van der Waals surface area contributed by atoms with E-state index >= 15 is 0 Å². The van der Waals surface area contributed by atoms with Crippen molar-refractivity contribution in [1.82, 2.24) is 4.98 Å². The van der Waals surface area contributed by atoms with Gasteiger partial charge in [-0.15, -0.1) is 11.3 Å². The molecule has 0 aliphatic heterocycles. The minimum absolute atomic E-state index is 0.136. The van der Waals surface area contributed by atoms with Crippen LogP contribution in [0.2, 0.25) is 0 Å². The Balaban J connectivity index is 1.83. The zero-order valence-electron chi connectivity index (χ0n) is 11.2. The molecule has 1 aromatic carbocycles. The van der Waals surface area contributed by atoms with Gasteiger partial charge in [0.05, 0.1) is 4.88 Å². The lowest BCUT2D eigenvalue weighted by Crippen LogP contribution is -1.96. The molecule has 2 heterocycles. The molecule has 0 saturated carbocycles. The Hall–Kier alpha value is -2.35. The van der Waals surface area contributed by atoms with Crippen LogP contribution in [0.3, 0.4) is 0 Å². The number of hydrogen-bond acceptors (Lipinski definition) is 4. The molecule has 104 valence electrons. The number of aromatic nitrogens is 1. The number of aliphatic hydroxyl groups is 1. The van der Waals surface area contributed by atoms with Crippen LogP contribution in [0.1, 0.15) is 10.4 Å². The zero-order valence-corrected chi connectivity index (χ0v) is 12.1. The van der Waals surface area contributed by atoms with E-state index in [0.717, 1.165) is 27.1 Å². The van der Waals surface area contributed by atoms with Gasteiger partial charge in [-0.25, -0.2) is 0 Å². The summed E-state index contributed by atoms with van der Waals surface area (Å²) in [6, 6.07) is 11.8. The van der Waals surface area contributed by atoms with Crippen molar-refractivity contribution in [3.05, 3.63) is 58.4 Å². The molecular formula is C17H13NO2S. The van der Waals surface area contributed by atoms with Crippen LogP contribution in [0.5, 0.6) is 5.75 Å². The monoisotopic (exact) mass is 295 g/mol. The number of fused-ring (bicyclic) bond motifs is 1. The number of pyridine rings is 1. The van der Waals surface area contributed by atoms with Gasteiger partial charge in [-0.2, -0.15) is 0 Å². The van der Waals surface area contributed by atoms with E-state index in [1.54, 1.807) is 17.5 Å². The van der Waals surface area contributed by atoms with Gasteiger partial charge in [0.25, 0.3) is 0 Å².